The van der Waals surface area contributed by atoms with E-state index in [-0.39, 0.29) is 21.7 Å². The number of hydrogen-bond donors (Lipinski definition) is 0. The average Bonchev–Trinajstić information content (AvgIpc) is 3.94. The highest BCUT2D eigenvalue weighted by Gasteiger charge is 2.21. The predicted octanol–water partition coefficient (Wildman–Crippen LogP) is 20.9. The minimum Gasteiger partial charge on any atom is -0.309 e. The smallest absolute Gasteiger partial charge is 0.0541 e. The first-order valence-corrected chi connectivity index (χ1v) is 27.3. The molecule has 12 aromatic rings. The number of fused-ring (bicyclic) bond motifs is 7. The zero-order valence-electron chi connectivity index (χ0n) is 46.5. The fourth-order valence-electron chi connectivity index (χ4n) is 11.5. The van der Waals surface area contributed by atoms with Gasteiger partial charge in [-0.3, -0.25) is 0 Å². The Morgan fingerprint density at radius 3 is 0.658 bits per heavy atom. The van der Waals surface area contributed by atoms with Crippen LogP contribution in [0.25, 0.3) is 110 Å². The molecule has 0 aliphatic carbocycles. The van der Waals surface area contributed by atoms with E-state index < -0.39 is 0 Å². The van der Waals surface area contributed by atoms with Gasteiger partial charge in [0.25, 0.3) is 0 Å². The number of rotatable bonds is 6. The van der Waals surface area contributed by atoms with Crippen molar-refractivity contribution in [1.82, 2.24) is 9.13 Å². The lowest BCUT2D eigenvalue weighted by Gasteiger charge is -2.19. The third kappa shape index (κ3) is 8.82. The van der Waals surface area contributed by atoms with E-state index in [2.05, 4.69) is 298 Å². The van der Waals surface area contributed by atoms with E-state index >= 15 is 0 Å². The molecule has 376 valence electrons. The molecule has 0 N–H and O–H groups in total. The van der Waals surface area contributed by atoms with Crippen molar-refractivity contribution in [2.75, 3.05) is 0 Å². The Labute approximate surface area is 450 Å². The quantitative estimate of drug-likeness (QED) is 0.157. The lowest BCUT2D eigenvalue weighted by molar-refractivity contribution is 0.590. The van der Waals surface area contributed by atoms with Gasteiger partial charge in [-0.05, 0) is 172 Å². The second kappa shape index (κ2) is 17.8. The summed E-state index contributed by atoms with van der Waals surface area (Å²) in [7, 11) is 0. The van der Waals surface area contributed by atoms with E-state index in [0.29, 0.717) is 0 Å². The molecule has 0 radical (unpaired) electrons. The average molecular weight is 987 g/mol. The molecule has 0 bridgehead atoms. The third-order valence-electron chi connectivity index (χ3n) is 16.2. The molecule has 0 atom stereocenters. The van der Waals surface area contributed by atoms with Crippen LogP contribution in [0.3, 0.4) is 0 Å². The summed E-state index contributed by atoms with van der Waals surface area (Å²) in [5.74, 6) is 0. The molecule has 10 aromatic carbocycles. The van der Waals surface area contributed by atoms with Gasteiger partial charge in [0.1, 0.15) is 0 Å². The van der Waals surface area contributed by atoms with Crippen LogP contribution in [0, 0.1) is 0 Å². The molecule has 76 heavy (non-hydrogen) atoms. The summed E-state index contributed by atoms with van der Waals surface area (Å²) < 4.78 is 4.95. The molecule has 2 heteroatoms. The first kappa shape index (κ1) is 49.0. The number of aromatic nitrogens is 2. The Bertz CT molecular complexity index is 3680. The maximum atomic E-state index is 2.47. The normalized spacial score (nSPS) is 12.7. The van der Waals surface area contributed by atoms with Gasteiger partial charge in [-0.2, -0.15) is 0 Å². The van der Waals surface area contributed by atoms with Gasteiger partial charge < -0.3 is 9.13 Å². The summed E-state index contributed by atoms with van der Waals surface area (Å²) in [6, 6.07) is 78.8. The molecule has 0 amide bonds. The standard InChI is InChI=1S/C74H70N2/c1-71(2,3)57-27-13-47(14-28-57)52-23-37-67-63(43-52)64-44-53(48-15-29-58(30-16-48)72(4,5)6)24-38-68(64)75(67)61-35-21-51-22-36-62(42-56(51)41-61)76-69-39-25-54(49-17-31-59(32-18-49)73(7,8)9)45-65(69)66-46-55(26-40-70(66)76)50-19-33-60(34-20-50)74(10,11)12/h13-46H,1-12H3. The van der Waals surface area contributed by atoms with E-state index in [1.165, 1.54) is 121 Å². The van der Waals surface area contributed by atoms with Crippen molar-refractivity contribution in [3.63, 3.8) is 0 Å². The number of hydrogen-bond acceptors (Lipinski definition) is 0. The molecule has 12 rings (SSSR count). The maximum Gasteiger partial charge on any atom is 0.0541 e. The van der Waals surface area contributed by atoms with Gasteiger partial charge in [0.05, 0.1) is 22.1 Å². The lowest BCUT2D eigenvalue weighted by atomic mass is 9.86. The van der Waals surface area contributed by atoms with Crippen LogP contribution in [-0.2, 0) is 21.7 Å². The highest BCUT2D eigenvalue weighted by atomic mass is 15.0. The molecule has 0 spiro atoms. The second-order valence-corrected chi connectivity index (χ2v) is 25.6. The van der Waals surface area contributed by atoms with E-state index in [1.807, 2.05) is 0 Å². The van der Waals surface area contributed by atoms with Crippen LogP contribution in [0.2, 0.25) is 0 Å². The summed E-state index contributed by atoms with van der Waals surface area (Å²) in [4.78, 5) is 0. The van der Waals surface area contributed by atoms with Crippen LogP contribution in [0.5, 0.6) is 0 Å². The fraction of sp³-hybridized carbons (Fsp3) is 0.216. The minimum atomic E-state index is 0.0924. The topological polar surface area (TPSA) is 9.86 Å². The van der Waals surface area contributed by atoms with Crippen LogP contribution in [0.4, 0.5) is 0 Å². The van der Waals surface area contributed by atoms with E-state index in [4.69, 9.17) is 0 Å². The molecule has 2 aromatic heterocycles. The molecule has 0 saturated carbocycles. The van der Waals surface area contributed by atoms with Crippen LogP contribution in [-0.4, -0.2) is 9.13 Å². The van der Waals surface area contributed by atoms with Gasteiger partial charge in [-0.15, -0.1) is 0 Å². The van der Waals surface area contributed by atoms with Gasteiger partial charge in [-0.1, -0.05) is 217 Å². The lowest BCUT2D eigenvalue weighted by Crippen LogP contribution is -2.10. The van der Waals surface area contributed by atoms with Gasteiger partial charge in [0.15, 0.2) is 0 Å². The SMILES string of the molecule is CC(C)(C)c1ccc(-c2ccc3c(c2)c2cc(-c4ccc(C(C)(C)C)cc4)ccc2n3-c2ccc3ccc(-n4c5ccc(-c6ccc(C(C)(C)C)cc6)cc5c5cc(-c6ccc(C(C)(C)C)cc6)ccc54)cc3c2)cc1. The Morgan fingerprint density at radius 2 is 0.434 bits per heavy atom. The summed E-state index contributed by atoms with van der Waals surface area (Å²) in [5.41, 5.74) is 22.6. The Hall–Kier alpha value is -7.94. The summed E-state index contributed by atoms with van der Waals surface area (Å²) >= 11 is 0. The van der Waals surface area contributed by atoms with Crippen LogP contribution in [0.1, 0.15) is 105 Å². The summed E-state index contributed by atoms with van der Waals surface area (Å²) in [6.07, 6.45) is 0. The second-order valence-electron chi connectivity index (χ2n) is 25.6. The van der Waals surface area contributed by atoms with Crippen molar-refractivity contribution < 1.29 is 0 Å². The van der Waals surface area contributed by atoms with Crippen LogP contribution in [0.15, 0.2) is 206 Å². The van der Waals surface area contributed by atoms with Gasteiger partial charge in [-0.25, -0.2) is 0 Å². The molecular weight excluding hydrogens is 917 g/mol. The van der Waals surface area contributed by atoms with Crippen molar-refractivity contribution in [3.05, 3.63) is 229 Å². The van der Waals surface area contributed by atoms with Crippen molar-refractivity contribution in [1.29, 1.82) is 0 Å². The number of nitrogens with zero attached hydrogens (tertiary/aromatic N) is 2. The zero-order valence-corrected chi connectivity index (χ0v) is 46.5. The van der Waals surface area contributed by atoms with Crippen LogP contribution < -0.4 is 0 Å². The van der Waals surface area contributed by atoms with Gasteiger partial charge in [0, 0.05) is 32.9 Å². The minimum absolute atomic E-state index is 0.0924. The third-order valence-corrected chi connectivity index (χ3v) is 16.2. The van der Waals surface area contributed by atoms with Gasteiger partial charge >= 0.3 is 0 Å². The molecule has 2 nitrogen and oxygen atoms in total. The molecule has 0 saturated heterocycles. The van der Waals surface area contributed by atoms with Crippen molar-refractivity contribution in [2.24, 2.45) is 0 Å². The molecular formula is C74H70N2. The highest BCUT2D eigenvalue weighted by Crippen LogP contribution is 2.42. The zero-order chi connectivity index (χ0) is 53.1. The van der Waals surface area contributed by atoms with Crippen LogP contribution >= 0.6 is 0 Å². The molecule has 0 fully saturated rings. The summed E-state index contributed by atoms with van der Waals surface area (Å²) in [5, 5.41) is 7.38. The Morgan fingerprint density at radius 1 is 0.211 bits per heavy atom. The number of benzene rings is 10. The Kier molecular flexibility index (Phi) is 11.5. The maximum absolute atomic E-state index is 2.47. The molecule has 0 unspecified atom stereocenters. The fourth-order valence-corrected chi connectivity index (χ4v) is 11.5. The first-order chi connectivity index (χ1) is 36.2. The van der Waals surface area contributed by atoms with E-state index in [0.717, 1.165) is 11.4 Å². The van der Waals surface area contributed by atoms with Crippen molar-refractivity contribution >= 4 is 54.4 Å². The van der Waals surface area contributed by atoms with E-state index in [1.54, 1.807) is 0 Å². The molecule has 0 aliphatic heterocycles. The monoisotopic (exact) mass is 987 g/mol. The first-order valence-electron chi connectivity index (χ1n) is 27.3. The molecule has 0 aliphatic rings. The largest absolute Gasteiger partial charge is 0.309 e. The van der Waals surface area contributed by atoms with Crippen molar-refractivity contribution in [3.8, 4) is 55.9 Å². The van der Waals surface area contributed by atoms with E-state index in [9.17, 15) is 0 Å². The predicted molar refractivity (Wildman–Crippen MR) is 329 cm³/mol. The van der Waals surface area contributed by atoms with Gasteiger partial charge in [0.2, 0.25) is 0 Å². The van der Waals surface area contributed by atoms with Crippen molar-refractivity contribution in [2.45, 2.75) is 105 Å². The highest BCUT2D eigenvalue weighted by molar-refractivity contribution is 6.13. The summed E-state index contributed by atoms with van der Waals surface area (Å²) in [6.45, 7) is 27.4. The molecule has 2 heterocycles. The Balaban J connectivity index is 1.01.